The summed E-state index contributed by atoms with van der Waals surface area (Å²) in [4.78, 5) is 31.3. The van der Waals surface area contributed by atoms with Crippen LogP contribution in [-0.2, 0) is 6.54 Å². The lowest BCUT2D eigenvalue weighted by atomic mass is 9.93. The number of fused-ring (bicyclic) bond motifs is 1. The zero-order chi connectivity index (χ0) is 18.8. The Bertz CT molecular complexity index is 690. The summed E-state index contributed by atoms with van der Waals surface area (Å²) < 4.78 is 1.94. The first-order chi connectivity index (χ1) is 13.2. The average molecular weight is 375 g/mol. The van der Waals surface area contributed by atoms with E-state index in [0.717, 1.165) is 51.3 Å². The third-order valence-corrected chi connectivity index (χ3v) is 5.93. The molecule has 1 atom stereocenters. The number of nitrogens with two attached hydrogens (primary N) is 1. The van der Waals surface area contributed by atoms with Crippen molar-refractivity contribution in [1.29, 1.82) is 0 Å². The summed E-state index contributed by atoms with van der Waals surface area (Å²) in [5.41, 5.74) is 7.61. The fraction of sp³-hybridized carbons (Fsp3) is 0.722. The first-order valence-corrected chi connectivity index (χ1v) is 9.98. The molecule has 1 aromatic heterocycles. The molecule has 9 heteroatoms. The maximum absolute atomic E-state index is 13.1. The Morgan fingerprint density at radius 3 is 2.41 bits per heavy atom. The molecule has 0 saturated carbocycles. The summed E-state index contributed by atoms with van der Waals surface area (Å²) in [5.74, 6) is 0.224. The highest BCUT2D eigenvalue weighted by Gasteiger charge is 2.32. The molecule has 3 aliphatic heterocycles. The fourth-order valence-electron chi connectivity index (χ4n) is 4.35. The highest BCUT2D eigenvalue weighted by molar-refractivity contribution is 5.95. The van der Waals surface area contributed by atoms with Gasteiger partial charge in [-0.15, -0.1) is 0 Å². The van der Waals surface area contributed by atoms with E-state index >= 15 is 0 Å². The van der Waals surface area contributed by atoms with Crippen molar-refractivity contribution in [2.75, 3.05) is 58.9 Å². The molecule has 27 heavy (non-hydrogen) atoms. The van der Waals surface area contributed by atoms with E-state index in [1.54, 1.807) is 6.20 Å². The molecule has 1 aromatic rings. The molecule has 4 heterocycles. The van der Waals surface area contributed by atoms with Crippen molar-refractivity contribution >= 4 is 11.9 Å². The molecular formula is C18H29N7O2. The van der Waals surface area contributed by atoms with Gasteiger partial charge >= 0.3 is 6.03 Å². The zero-order valence-electron chi connectivity index (χ0n) is 15.8. The molecule has 0 bridgehead atoms. The summed E-state index contributed by atoms with van der Waals surface area (Å²) in [7, 11) is 0. The van der Waals surface area contributed by atoms with E-state index in [2.05, 4.69) is 10.4 Å². The molecule has 3 N–H and O–H groups in total. The van der Waals surface area contributed by atoms with Crippen LogP contribution >= 0.6 is 0 Å². The van der Waals surface area contributed by atoms with Gasteiger partial charge in [0.25, 0.3) is 5.91 Å². The molecule has 1 unspecified atom stereocenters. The van der Waals surface area contributed by atoms with Crippen molar-refractivity contribution in [2.24, 2.45) is 5.73 Å². The summed E-state index contributed by atoms with van der Waals surface area (Å²) in [6, 6.07) is 0.0923. The van der Waals surface area contributed by atoms with Gasteiger partial charge in [0.2, 0.25) is 0 Å². The number of nitrogens with zero attached hydrogens (tertiary/aromatic N) is 5. The van der Waals surface area contributed by atoms with Gasteiger partial charge in [-0.1, -0.05) is 0 Å². The SMILES string of the molecule is NCC1CCCn2ncc(C(=O)N3CCN(C(=O)N4CCNCC4)CC3)c21. The van der Waals surface area contributed by atoms with Crippen LogP contribution < -0.4 is 11.1 Å². The first kappa shape index (κ1) is 18.2. The molecule has 0 aromatic carbocycles. The third kappa shape index (κ3) is 3.53. The Hall–Kier alpha value is -2.13. The highest BCUT2D eigenvalue weighted by Crippen LogP contribution is 2.29. The van der Waals surface area contributed by atoms with Crippen LogP contribution in [0.15, 0.2) is 6.20 Å². The Kier molecular flexibility index (Phi) is 5.31. The molecule has 3 aliphatic rings. The number of aryl methyl sites for hydroxylation is 1. The molecule has 0 aliphatic carbocycles. The van der Waals surface area contributed by atoms with Crippen molar-refractivity contribution < 1.29 is 9.59 Å². The van der Waals surface area contributed by atoms with Gasteiger partial charge in [-0.3, -0.25) is 9.48 Å². The molecule has 0 radical (unpaired) electrons. The minimum atomic E-state index is 0.0193. The number of carbonyl (C=O) groups excluding carboxylic acids is 2. The number of urea groups is 1. The van der Waals surface area contributed by atoms with Crippen LogP contribution in [0.4, 0.5) is 4.79 Å². The van der Waals surface area contributed by atoms with Gasteiger partial charge < -0.3 is 25.8 Å². The van der Waals surface area contributed by atoms with Gasteiger partial charge in [-0.2, -0.15) is 5.10 Å². The Labute approximate surface area is 159 Å². The molecule has 148 valence electrons. The number of aromatic nitrogens is 2. The molecule has 9 nitrogen and oxygen atoms in total. The van der Waals surface area contributed by atoms with E-state index in [1.807, 2.05) is 19.4 Å². The number of hydrogen-bond acceptors (Lipinski definition) is 5. The van der Waals surface area contributed by atoms with Crippen LogP contribution in [0.2, 0.25) is 0 Å². The monoisotopic (exact) mass is 375 g/mol. The first-order valence-electron chi connectivity index (χ1n) is 9.98. The lowest BCUT2D eigenvalue weighted by molar-refractivity contribution is 0.0633. The maximum atomic E-state index is 13.1. The second-order valence-corrected chi connectivity index (χ2v) is 7.54. The largest absolute Gasteiger partial charge is 0.335 e. The van der Waals surface area contributed by atoms with Gasteiger partial charge in [0.05, 0.1) is 17.5 Å². The van der Waals surface area contributed by atoms with Crippen LogP contribution in [-0.4, -0.2) is 95.3 Å². The predicted molar refractivity (Wildman–Crippen MR) is 101 cm³/mol. The molecular weight excluding hydrogens is 346 g/mol. The minimum Gasteiger partial charge on any atom is -0.335 e. The Balaban J connectivity index is 1.39. The van der Waals surface area contributed by atoms with Gasteiger partial charge in [-0.05, 0) is 12.8 Å². The standard InChI is InChI=1S/C18H29N7O2/c19-12-14-2-1-5-25-16(14)15(13-21-25)17(26)22-8-10-24(11-9-22)18(27)23-6-3-20-4-7-23/h13-14,20H,1-12,19H2. The minimum absolute atomic E-state index is 0.0193. The zero-order valence-corrected chi connectivity index (χ0v) is 15.8. The van der Waals surface area contributed by atoms with Crippen LogP contribution in [0, 0.1) is 0 Å². The van der Waals surface area contributed by atoms with Crippen molar-refractivity contribution in [3.63, 3.8) is 0 Å². The molecule has 3 amide bonds. The number of hydrogen-bond donors (Lipinski definition) is 2. The van der Waals surface area contributed by atoms with Crippen LogP contribution in [0.25, 0.3) is 0 Å². The van der Waals surface area contributed by atoms with Gasteiger partial charge in [-0.25, -0.2) is 4.79 Å². The number of amides is 3. The second-order valence-electron chi connectivity index (χ2n) is 7.54. The average Bonchev–Trinajstić information content (AvgIpc) is 3.18. The van der Waals surface area contributed by atoms with Crippen molar-refractivity contribution in [3.8, 4) is 0 Å². The van der Waals surface area contributed by atoms with Crippen molar-refractivity contribution in [2.45, 2.75) is 25.3 Å². The lowest BCUT2D eigenvalue weighted by Gasteiger charge is -2.38. The van der Waals surface area contributed by atoms with E-state index in [0.29, 0.717) is 38.3 Å². The van der Waals surface area contributed by atoms with E-state index in [9.17, 15) is 9.59 Å². The van der Waals surface area contributed by atoms with Crippen LogP contribution in [0.3, 0.4) is 0 Å². The molecule has 2 saturated heterocycles. The Morgan fingerprint density at radius 2 is 1.70 bits per heavy atom. The molecule has 4 rings (SSSR count). The normalized spacial score (nSPS) is 23.3. The smallest absolute Gasteiger partial charge is 0.320 e. The highest BCUT2D eigenvalue weighted by atomic mass is 16.2. The van der Waals surface area contributed by atoms with E-state index in [4.69, 9.17) is 5.73 Å². The number of nitrogens with one attached hydrogen (secondary N) is 1. The van der Waals surface area contributed by atoms with Crippen molar-refractivity contribution in [1.82, 2.24) is 29.8 Å². The maximum Gasteiger partial charge on any atom is 0.320 e. The number of piperazine rings is 2. The van der Waals surface area contributed by atoms with E-state index in [1.165, 1.54) is 0 Å². The lowest BCUT2D eigenvalue weighted by Crippen LogP contribution is -2.57. The van der Waals surface area contributed by atoms with Gasteiger partial charge in [0.15, 0.2) is 0 Å². The number of carbonyl (C=O) groups is 2. The summed E-state index contributed by atoms with van der Waals surface area (Å²) >= 11 is 0. The van der Waals surface area contributed by atoms with Gasteiger partial charge in [0.1, 0.15) is 0 Å². The second kappa shape index (κ2) is 7.85. The quantitative estimate of drug-likeness (QED) is 0.726. The third-order valence-electron chi connectivity index (χ3n) is 5.93. The Morgan fingerprint density at radius 1 is 1.04 bits per heavy atom. The topological polar surface area (TPSA) is 99.7 Å². The number of rotatable bonds is 2. The molecule has 0 spiro atoms. The van der Waals surface area contributed by atoms with Crippen LogP contribution in [0.5, 0.6) is 0 Å². The predicted octanol–water partition coefficient (Wildman–Crippen LogP) is -0.498. The summed E-state index contributed by atoms with van der Waals surface area (Å²) in [5, 5.41) is 7.67. The molecule has 2 fully saturated rings. The van der Waals surface area contributed by atoms with Crippen LogP contribution in [0.1, 0.15) is 34.8 Å². The van der Waals surface area contributed by atoms with Gasteiger partial charge in [0, 0.05) is 71.4 Å². The summed E-state index contributed by atoms with van der Waals surface area (Å²) in [6.45, 7) is 6.88. The van der Waals surface area contributed by atoms with E-state index in [-0.39, 0.29) is 17.9 Å². The van der Waals surface area contributed by atoms with E-state index < -0.39 is 0 Å². The van der Waals surface area contributed by atoms with Crippen molar-refractivity contribution in [3.05, 3.63) is 17.5 Å². The summed E-state index contributed by atoms with van der Waals surface area (Å²) in [6.07, 6.45) is 3.76. The fourth-order valence-corrected chi connectivity index (χ4v) is 4.35.